The average Bonchev–Trinajstić information content (AvgIpc) is 2.35. The monoisotopic (exact) mass is 256 g/mol. The highest BCUT2D eigenvalue weighted by molar-refractivity contribution is 5.66. The Bertz CT molecular complexity index is 201. The highest BCUT2D eigenvalue weighted by Crippen LogP contribution is 2.30. The molecule has 2 atom stereocenters. The molecule has 2 unspecified atom stereocenters. The molecule has 0 aliphatic heterocycles. The number of carbonyl (C=O) groups is 1. The fourth-order valence-corrected chi connectivity index (χ4v) is 2.84. The molecule has 0 heterocycles. The quantitative estimate of drug-likeness (QED) is 0.517. The summed E-state index contributed by atoms with van der Waals surface area (Å²) in [5, 5.41) is 8.74. The summed E-state index contributed by atoms with van der Waals surface area (Å²) in [5.74, 6) is 0.914. The Balaban J connectivity index is 4.18. The Kier molecular flexibility index (Phi) is 11.2. The maximum absolute atomic E-state index is 10.6. The molecule has 1 N–H and O–H groups in total. The molecule has 0 aromatic heterocycles. The number of unbranched alkanes of at least 4 members (excludes halogenated alkanes) is 2. The Morgan fingerprint density at radius 1 is 0.889 bits per heavy atom. The molecule has 2 heteroatoms. The zero-order chi connectivity index (χ0) is 13.8. The topological polar surface area (TPSA) is 37.3 Å². The minimum Gasteiger partial charge on any atom is -0.481 e. The lowest BCUT2D eigenvalue weighted by Gasteiger charge is -2.26. The van der Waals surface area contributed by atoms with E-state index in [-0.39, 0.29) is 0 Å². The van der Waals surface area contributed by atoms with Crippen LogP contribution in [0.15, 0.2) is 0 Å². The lowest BCUT2D eigenvalue weighted by atomic mass is 9.80. The van der Waals surface area contributed by atoms with Crippen LogP contribution in [0.2, 0.25) is 0 Å². The third-order valence-electron chi connectivity index (χ3n) is 4.01. The van der Waals surface area contributed by atoms with Gasteiger partial charge in [-0.2, -0.15) is 0 Å². The molecule has 0 fully saturated rings. The van der Waals surface area contributed by atoms with Gasteiger partial charge in [0, 0.05) is 6.42 Å². The van der Waals surface area contributed by atoms with E-state index < -0.39 is 5.97 Å². The Hall–Kier alpha value is -0.530. The van der Waals surface area contributed by atoms with E-state index in [9.17, 15) is 4.79 Å². The van der Waals surface area contributed by atoms with Crippen LogP contribution in [0.3, 0.4) is 0 Å². The zero-order valence-electron chi connectivity index (χ0n) is 12.6. The summed E-state index contributed by atoms with van der Waals surface area (Å²) >= 11 is 0. The van der Waals surface area contributed by atoms with Crippen LogP contribution in [0, 0.1) is 11.8 Å². The van der Waals surface area contributed by atoms with Crippen molar-refractivity contribution in [2.24, 2.45) is 11.8 Å². The predicted octanol–water partition coefficient (Wildman–Crippen LogP) is 5.26. The van der Waals surface area contributed by atoms with E-state index in [1.54, 1.807) is 0 Å². The first-order chi connectivity index (χ1) is 8.65. The number of hydrogen-bond acceptors (Lipinski definition) is 1. The molecule has 0 radical (unpaired) electrons. The molecular weight excluding hydrogens is 224 g/mol. The number of carboxylic acid groups (broad SMARTS) is 1. The summed E-state index contributed by atoms with van der Waals surface area (Å²) in [4.78, 5) is 10.6. The van der Waals surface area contributed by atoms with Gasteiger partial charge >= 0.3 is 5.97 Å². The SMILES string of the molecule is CCCCC(CC)C(CCCC)CCCC(=O)O. The van der Waals surface area contributed by atoms with Gasteiger partial charge in [0.2, 0.25) is 0 Å². The molecule has 0 saturated heterocycles. The van der Waals surface area contributed by atoms with E-state index in [0.717, 1.165) is 24.7 Å². The van der Waals surface area contributed by atoms with Crippen molar-refractivity contribution in [2.75, 3.05) is 0 Å². The van der Waals surface area contributed by atoms with Crippen molar-refractivity contribution >= 4 is 5.97 Å². The van der Waals surface area contributed by atoms with Crippen LogP contribution < -0.4 is 0 Å². The van der Waals surface area contributed by atoms with Crippen molar-refractivity contribution in [3.63, 3.8) is 0 Å². The zero-order valence-corrected chi connectivity index (χ0v) is 12.6. The fourth-order valence-electron chi connectivity index (χ4n) is 2.84. The van der Waals surface area contributed by atoms with Gasteiger partial charge in [-0.25, -0.2) is 0 Å². The van der Waals surface area contributed by atoms with Gasteiger partial charge in [-0.15, -0.1) is 0 Å². The van der Waals surface area contributed by atoms with Crippen molar-refractivity contribution in [1.29, 1.82) is 0 Å². The number of hydrogen-bond donors (Lipinski definition) is 1. The number of carboxylic acids is 1. The molecule has 108 valence electrons. The Morgan fingerprint density at radius 2 is 1.39 bits per heavy atom. The van der Waals surface area contributed by atoms with Crippen LogP contribution in [0.5, 0.6) is 0 Å². The number of aliphatic carboxylic acids is 1. The van der Waals surface area contributed by atoms with Gasteiger partial charge in [-0.3, -0.25) is 4.79 Å². The van der Waals surface area contributed by atoms with E-state index in [0.29, 0.717) is 6.42 Å². The highest BCUT2D eigenvalue weighted by Gasteiger charge is 2.19. The Morgan fingerprint density at radius 3 is 1.83 bits per heavy atom. The van der Waals surface area contributed by atoms with Gasteiger partial charge in [-0.1, -0.05) is 65.7 Å². The van der Waals surface area contributed by atoms with Crippen molar-refractivity contribution in [3.8, 4) is 0 Å². The summed E-state index contributed by atoms with van der Waals surface area (Å²) in [5.41, 5.74) is 0. The molecule has 0 aliphatic carbocycles. The number of rotatable bonds is 12. The van der Waals surface area contributed by atoms with Crippen LogP contribution in [-0.2, 0) is 4.79 Å². The van der Waals surface area contributed by atoms with Gasteiger partial charge in [0.25, 0.3) is 0 Å². The second-order valence-electron chi connectivity index (χ2n) is 5.50. The molecule has 0 aliphatic rings. The van der Waals surface area contributed by atoms with Gasteiger partial charge < -0.3 is 5.11 Å². The normalized spacial score (nSPS) is 14.4. The maximum Gasteiger partial charge on any atom is 0.303 e. The molecule has 0 spiro atoms. The van der Waals surface area contributed by atoms with E-state index >= 15 is 0 Å². The molecule has 0 bridgehead atoms. The summed E-state index contributed by atoms with van der Waals surface area (Å²) in [6.45, 7) is 6.77. The van der Waals surface area contributed by atoms with Crippen molar-refractivity contribution in [3.05, 3.63) is 0 Å². The lowest BCUT2D eigenvalue weighted by Crippen LogP contribution is -2.15. The van der Waals surface area contributed by atoms with Crippen LogP contribution >= 0.6 is 0 Å². The van der Waals surface area contributed by atoms with E-state index in [1.165, 1.54) is 44.9 Å². The summed E-state index contributed by atoms with van der Waals surface area (Å²) in [6.07, 6.45) is 11.3. The highest BCUT2D eigenvalue weighted by atomic mass is 16.4. The lowest BCUT2D eigenvalue weighted by molar-refractivity contribution is -0.137. The summed E-state index contributed by atoms with van der Waals surface area (Å²) < 4.78 is 0. The average molecular weight is 256 g/mol. The molecule has 0 aromatic carbocycles. The molecule has 0 amide bonds. The largest absolute Gasteiger partial charge is 0.481 e. The van der Waals surface area contributed by atoms with Crippen LogP contribution in [0.25, 0.3) is 0 Å². The molecule has 0 rings (SSSR count). The van der Waals surface area contributed by atoms with Gasteiger partial charge in [0.1, 0.15) is 0 Å². The van der Waals surface area contributed by atoms with Crippen molar-refractivity contribution in [1.82, 2.24) is 0 Å². The molecule has 0 saturated carbocycles. The minimum absolute atomic E-state index is 0.340. The first kappa shape index (κ1) is 17.5. The van der Waals surface area contributed by atoms with E-state index in [1.807, 2.05) is 0 Å². The van der Waals surface area contributed by atoms with Crippen LogP contribution in [0.1, 0.15) is 85.0 Å². The minimum atomic E-state index is -0.647. The van der Waals surface area contributed by atoms with Crippen LogP contribution in [0.4, 0.5) is 0 Å². The smallest absolute Gasteiger partial charge is 0.303 e. The molecule has 18 heavy (non-hydrogen) atoms. The standard InChI is InChI=1S/C16H32O2/c1-4-7-10-14(6-3)15(11-8-5-2)12-9-13-16(17)18/h14-15H,4-13H2,1-3H3,(H,17,18). The molecule has 0 aromatic rings. The van der Waals surface area contributed by atoms with Gasteiger partial charge in [0.15, 0.2) is 0 Å². The maximum atomic E-state index is 10.6. The third-order valence-corrected chi connectivity index (χ3v) is 4.01. The van der Waals surface area contributed by atoms with Gasteiger partial charge in [-0.05, 0) is 24.7 Å². The molecule has 2 nitrogen and oxygen atoms in total. The summed E-state index contributed by atoms with van der Waals surface area (Å²) in [7, 11) is 0. The molecular formula is C16H32O2. The second-order valence-corrected chi connectivity index (χ2v) is 5.50. The van der Waals surface area contributed by atoms with Crippen molar-refractivity contribution < 1.29 is 9.90 Å². The van der Waals surface area contributed by atoms with E-state index in [4.69, 9.17) is 5.11 Å². The third kappa shape index (κ3) is 8.54. The summed E-state index contributed by atoms with van der Waals surface area (Å²) in [6, 6.07) is 0. The Labute approximate surface area is 113 Å². The first-order valence-electron chi connectivity index (χ1n) is 7.87. The second kappa shape index (κ2) is 11.6. The predicted molar refractivity (Wildman–Crippen MR) is 77.8 cm³/mol. The van der Waals surface area contributed by atoms with Crippen LogP contribution in [-0.4, -0.2) is 11.1 Å². The fraction of sp³-hybridized carbons (Fsp3) is 0.938. The van der Waals surface area contributed by atoms with Crippen molar-refractivity contribution in [2.45, 2.75) is 85.0 Å². The first-order valence-corrected chi connectivity index (χ1v) is 7.87. The van der Waals surface area contributed by atoms with E-state index in [2.05, 4.69) is 20.8 Å². The van der Waals surface area contributed by atoms with Gasteiger partial charge in [0.05, 0.1) is 0 Å².